The fourth-order valence-electron chi connectivity index (χ4n) is 2.11. The third-order valence-corrected chi connectivity index (χ3v) is 4.12. The van der Waals surface area contributed by atoms with Gasteiger partial charge < -0.3 is 15.8 Å². The van der Waals surface area contributed by atoms with Crippen molar-refractivity contribution in [1.29, 1.82) is 0 Å². The molecule has 5 nitrogen and oxygen atoms in total. The molecule has 1 aromatic rings. The van der Waals surface area contributed by atoms with Crippen LogP contribution in [-0.2, 0) is 11.2 Å². The average Bonchev–Trinajstić information content (AvgIpc) is 3.27. The maximum absolute atomic E-state index is 12.4. The van der Waals surface area contributed by atoms with Crippen LogP contribution in [0.25, 0.3) is 0 Å². The molecule has 1 saturated carbocycles. The topological polar surface area (TPSA) is 78.9 Å². The summed E-state index contributed by atoms with van der Waals surface area (Å²) in [4.78, 5) is 14.2. The number of carbonyl (C=O) groups is 1. The third kappa shape index (κ3) is 4.51. The second kappa shape index (κ2) is 7.00. The third-order valence-electron chi connectivity index (χ3n) is 3.38. The molecule has 0 heterocycles. The molecule has 2 rings (SSSR count). The van der Waals surface area contributed by atoms with Gasteiger partial charge in [-0.1, -0.05) is 34.4 Å². The number of carbonyl (C=O) groups excluding carboxylic acids is 1. The smallest absolute Gasteiger partial charge is 0.227 e. The van der Waals surface area contributed by atoms with Gasteiger partial charge in [0.1, 0.15) is 5.84 Å². The van der Waals surface area contributed by atoms with E-state index in [1.54, 1.807) is 23.1 Å². The van der Waals surface area contributed by atoms with Gasteiger partial charge in [0.05, 0.1) is 16.5 Å². The number of nitrogens with zero attached hydrogens (tertiary/aromatic N) is 2. The summed E-state index contributed by atoms with van der Waals surface area (Å²) in [5.74, 6) is 0.143. The van der Waals surface area contributed by atoms with E-state index in [9.17, 15) is 4.79 Å². The van der Waals surface area contributed by atoms with Crippen LogP contribution in [0.4, 0.5) is 0 Å². The molecule has 7 heteroatoms. The van der Waals surface area contributed by atoms with Gasteiger partial charge in [-0.15, -0.1) is 0 Å². The number of oxime groups is 1. The minimum atomic E-state index is 0.0154. The Bertz CT molecular complexity index is 559. The lowest BCUT2D eigenvalue weighted by Crippen LogP contribution is -2.36. The van der Waals surface area contributed by atoms with Crippen LogP contribution in [0.2, 0.25) is 10.0 Å². The lowest BCUT2D eigenvalue weighted by atomic mass is 10.1. The molecule has 1 aliphatic rings. The molecule has 0 radical (unpaired) electrons. The van der Waals surface area contributed by atoms with Gasteiger partial charge in [0.15, 0.2) is 0 Å². The summed E-state index contributed by atoms with van der Waals surface area (Å²) in [6, 6.07) is 5.45. The van der Waals surface area contributed by atoms with Crippen molar-refractivity contribution in [3.05, 3.63) is 33.8 Å². The van der Waals surface area contributed by atoms with Crippen molar-refractivity contribution >= 4 is 34.9 Å². The summed E-state index contributed by atoms with van der Waals surface area (Å²) < 4.78 is 0. The Morgan fingerprint density at radius 3 is 2.67 bits per heavy atom. The first kappa shape index (κ1) is 15.9. The van der Waals surface area contributed by atoms with Crippen LogP contribution in [0.1, 0.15) is 24.8 Å². The number of halogens is 2. The second-order valence-corrected chi connectivity index (χ2v) is 5.90. The number of nitrogens with two attached hydrogens (primary N) is 1. The highest BCUT2D eigenvalue weighted by molar-refractivity contribution is 6.42. The summed E-state index contributed by atoms with van der Waals surface area (Å²) in [5.41, 5.74) is 6.28. The standard InChI is InChI=1S/C14H17Cl2N3O2/c15-11-4-1-9(7-12(11)16)8-14(20)19(10-2-3-10)6-5-13(17)18-21/h1,4,7,10,21H,2-3,5-6,8H2,(H2,17,18). The zero-order valence-corrected chi connectivity index (χ0v) is 12.9. The highest BCUT2D eigenvalue weighted by Crippen LogP contribution is 2.28. The van der Waals surface area contributed by atoms with E-state index < -0.39 is 0 Å². The molecule has 0 spiro atoms. The number of benzene rings is 1. The van der Waals surface area contributed by atoms with E-state index in [0.29, 0.717) is 23.0 Å². The number of hydrogen-bond acceptors (Lipinski definition) is 3. The van der Waals surface area contributed by atoms with Gasteiger partial charge >= 0.3 is 0 Å². The Hall–Kier alpha value is -1.46. The molecule has 0 atom stereocenters. The van der Waals surface area contributed by atoms with Gasteiger partial charge in [-0.05, 0) is 30.5 Å². The molecule has 1 aliphatic carbocycles. The van der Waals surface area contributed by atoms with Crippen LogP contribution in [0.3, 0.4) is 0 Å². The molecule has 21 heavy (non-hydrogen) atoms. The summed E-state index contributed by atoms with van der Waals surface area (Å²) in [5, 5.41) is 12.4. The molecule has 1 aromatic carbocycles. The number of amidine groups is 1. The van der Waals surface area contributed by atoms with Crippen molar-refractivity contribution in [3.63, 3.8) is 0 Å². The molecule has 3 N–H and O–H groups in total. The normalized spacial score (nSPS) is 15.0. The molecule has 1 fully saturated rings. The van der Waals surface area contributed by atoms with Gasteiger partial charge in [0, 0.05) is 19.0 Å². The highest BCUT2D eigenvalue weighted by atomic mass is 35.5. The Kier molecular flexibility index (Phi) is 5.31. The first-order valence-corrected chi connectivity index (χ1v) is 7.46. The number of rotatable bonds is 6. The average molecular weight is 330 g/mol. The molecular formula is C14H17Cl2N3O2. The number of hydrogen-bond donors (Lipinski definition) is 2. The van der Waals surface area contributed by atoms with Crippen LogP contribution in [0.5, 0.6) is 0 Å². The van der Waals surface area contributed by atoms with Crippen molar-refractivity contribution in [2.24, 2.45) is 10.9 Å². The monoisotopic (exact) mass is 329 g/mol. The quantitative estimate of drug-likeness (QED) is 0.364. The van der Waals surface area contributed by atoms with Crippen molar-refractivity contribution in [1.82, 2.24) is 4.90 Å². The lowest BCUT2D eigenvalue weighted by molar-refractivity contribution is -0.130. The Labute approximate surface area is 133 Å². The lowest BCUT2D eigenvalue weighted by Gasteiger charge is -2.22. The van der Waals surface area contributed by atoms with Crippen LogP contribution < -0.4 is 5.73 Å². The van der Waals surface area contributed by atoms with Crippen LogP contribution in [0.15, 0.2) is 23.4 Å². The van der Waals surface area contributed by atoms with Crippen LogP contribution in [0, 0.1) is 0 Å². The van der Waals surface area contributed by atoms with Gasteiger partial charge in [-0.2, -0.15) is 0 Å². The molecule has 114 valence electrons. The molecule has 0 unspecified atom stereocenters. The summed E-state index contributed by atoms with van der Waals surface area (Å²) in [7, 11) is 0. The zero-order valence-electron chi connectivity index (χ0n) is 11.4. The van der Waals surface area contributed by atoms with E-state index >= 15 is 0 Å². The largest absolute Gasteiger partial charge is 0.409 e. The van der Waals surface area contributed by atoms with E-state index in [1.807, 2.05) is 0 Å². The fourth-order valence-corrected chi connectivity index (χ4v) is 2.43. The van der Waals surface area contributed by atoms with E-state index in [1.165, 1.54) is 0 Å². The van der Waals surface area contributed by atoms with Gasteiger partial charge in [0.2, 0.25) is 5.91 Å². The van der Waals surface area contributed by atoms with Gasteiger partial charge in [0.25, 0.3) is 0 Å². The molecule has 0 aromatic heterocycles. The van der Waals surface area contributed by atoms with Crippen molar-refractivity contribution < 1.29 is 10.0 Å². The summed E-state index contributed by atoms with van der Waals surface area (Å²) in [6.45, 7) is 0.459. The van der Waals surface area contributed by atoms with Crippen LogP contribution >= 0.6 is 23.2 Å². The molecule has 0 saturated heterocycles. The SMILES string of the molecule is NC(CCN(C(=O)Cc1ccc(Cl)c(Cl)c1)C1CC1)=NO. The molecule has 0 aliphatic heterocycles. The molecule has 1 amide bonds. The minimum absolute atomic E-state index is 0.0154. The minimum Gasteiger partial charge on any atom is -0.409 e. The van der Waals surface area contributed by atoms with E-state index in [4.69, 9.17) is 34.1 Å². The Morgan fingerprint density at radius 1 is 1.38 bits per heavy atom. The predicted octanol–water partition coefficient (Wildman–Crippen LogP) is 2.66. The molecular weight excluding hydrogens is 313 g/mol. The second-order valence-electron chi connectivity index (χ2n) is 5.08. The van der Waals surface area contributed by atoms with E-state index in [2.05, 4.69) is 5.16 Å². The Balaban J connectivity index is 1.99. The fraction of sp³-hybridized carbons (Fsp3) is 0.429. The zero-order chi connectivity index (χ0) is 15.4. The van der Waals surface area contributed by atoms with Crippen molar-refractivity contribution in [2.75, 3.05) is 6.54 Å². The first-order chi connectivity index (χ1) is 10.0. The first-order valence-electron chi connectivity index (χ1n) is 6.71. The van der Waals surface area contributed by atoms with E-state index in [-0.39, 0.29) is 24.2 Å². The van der Waals surface area contributed by atoms with Gasteiger partial charge in [-0.25, -0.2) is 0 Å². The summed E-state index contributed by atoms with van der Waals surface area (Å²) in [6.07, 6.45) is 2.64. The molecule has 0 bridgehead atoms. The van der Waals surface area contributed by atoms with Crippen LogP contribution in [-0.4, -0.2) is 34.4 Å². The Morgan fingerprint density at radius 2 is 2.10 bits per heavy atom. The number of amides is 1. The summed E-state index contributed by atoms with van der Waals surface area (Å²) >= 11 is 11.8. The van der Waals surface area contributed by atoms with Crippen molar-refractivity contribution in [3.8, 4) is 0 Å². The van der Waals surface area contributed by atoms with E-state index in [0.717, 1.165) is 18.4 Å². The van der Waals surface area contributed by atoms with Crippen molar-refractivity contribution in [2.45, 2.75) is 31.7 Å². The maximum atomic E-state index is 12.4. The maximum Gasteiger partial charge on any atom is 0.227 e. The highest BCUT2D eigenvalue weighted by Gasteiger charge is 2.32. The predicted molar refractivity (Wildman–Crippen MR) is 82.9 cm³/mol. The van der Waals surface area contributed by atoms with Gasteiger partial charge in [-0.3, -0.25) is 4.79 Å².